The highest BCUT2D eigenvalue weighted by Gasteiger charge is 2.42. The molecule has 1 aromatic rings. The molecule has 0 saturated carbocycles. The van der Waals surface area contributed by atoms with Gasteiger partial charge in [-0.1, -0.05) is 15.9 Å². The van der Waals surface area contributed by atoms with Gasteiger partial charge in [-0.05, 0) is 31.2 Å². The van der Waals surface area contributed by atoms with Gasteiger partial charge >= 0.3 is 11.9 Å². The van der Waals surface area contributed by atoms with E-state index in [1.807, 2.05) is 12.1 Å². The summed E-state index contributed by atoms with van der Waals surface area (Å²) in [4.78, 5) is 22.6. The van der Waals surface area contributed by atoms with Gasteiger partial charge in [0.15, 0.2) is 5.41 Å². The standard InChI is InChI=1S/C13H15BrO5/c1-13(11(15)16,12(17)18-2)7-8-19-10-5-3-9(14)4-6-10/h3-6H,7-8H2,1-2H3,(H,15,16). The molecule has 0 spiro atoms. The molecular formula is C13H15BrO5. The van der Waals surface area contributed by atoms with Crippen LogP contribution in [0, 0.1) is 5.41 Å². The fraction of sp³-hybridized carbons (Fsp3) is 0.385. The molecule has 1 N–H and O–H groups in total. The maximum Gasteiger partial charge on any atom is 0.323 e. The number of carboxylic acid groups (broad SMARTS) is 1. The van der Waals surface area contributed by atoms with Crippen molar-refractivity contribution in [1.29, 1.82) is 0 Å². The maximum atomic E-state index is 11.5. The zero-order chi connectivity index (χ0) is 14.5. The number of rotatable bonds is 6. The van der Waals surface area contributed by atoms with Crippen molar-refractivity contribution < 1.29 is 24.2 Å². The van der Waals surface area contributed by atoms with Crippen LogP contribution in [0.5, 0.6) is 5.75 Å². The van der Waals surface area contributed by atoms with Gasteiger partial charge in [0, 0.05) is 10.9 Å². The third-order valence-electron chi connectivity index (χ3n) is 2.79. The second-order valence-electron chi connectivity index (χ2n) is 4.18. The van der Waals surface area contributed by atoms with Gasteiger partial charge in [0.1, 0.15) is 5.75 Å². The summed E-state index contributed by atoms with van der Waals surface area (Å²) in [5.41, 5.74) is -1.59. The SMILES string of the molecule is COC(=O)C(C)(CCOc1ccc(Br)cc1)C(=O)O. The average Bonchev–Trinajstić information content (AvgIpc) is 2.39. The molecule has 0 bridgehead atoms. The van der Waals surface area contributed by atoms with Crippen molar-refractivity contribution in [1.82, 2.24) is 0 Å². The molecule has 0 fully saturated rings. The summed E-state index contributed by atoms with van der Waals surface area (Å²) < 4.78 is 10.8. The smallest absolute Gasteiger partial charge is 0.323 e. The normalized spacial score (nSPS) is 13.4. The van der Waals surface area contributed by atoms with Crippen LogP contribution in [-0.4, -0.2) is 30.8 Å². The lowest BCUT2D eigenvalue weighted by molar-refractivity contribution is -0.166. The molecule has 0 radical (unpaired) electrons. The van der Waals surface area contributed by atoms with Crippen molar-refractivity contribution in [3.05, 3.63) is 28.7 Å². The fourth-order valence-corrected chi connectivity index (χ4v) is 1.69. The van der Waals surface area contributed by atoms with Crippen LogP contribution in [0.15, 0.2) is 28.7 Å². The lowest BCUT2D eigenvalue weighted by Crippen LogP contribution is -2.38. The van der Waals surface area contributed by atoms with E-state index in [0.717, 1.165) is 4.47 Å². The van der Waals surface area contributed by atoms with E-state index in [-0.39, 0.29) is 13.0 Å². The highest BCUT2D eigenvalue weighted by molar-refractivity contribution is 9.10. The minimum Gasteiger partial charge on any atom is -0.494 e. The Kier molecular flexibility index (Phi) is 5.35. The number of hydrogen-bond donors (Lipinski definition) is 1. The minimum atomic E-state index is -1.59. The van der Waals surface area contributed by atoms with Crippen LogP contribution in [0.3, 0.4) is 0 Å². The first-order valence-corrected chi connectivity index (χ1v) is 6.39. The first-order chi connectivity index (χ1) is 8.90. The Morgan fingerprint density at radius 1 is 1.32 bits per heavy atom. The van der Waals surface area contributed by atoms with Crippen LogP contribution < -0.4 is 4.74 Å². The van der Waals surface area contributed by atoms with Gasteiger partial charge in [-0.15, -0.1) is 0 Å². The van der Waals surface area contributed by atoms with Crippen LogP contribution in [0.4, 0.5) is 0 Å². The highest BCUT2D eigenvalue weighted by Crippen LogP contribution is 2.24. The lowest BCUT2D eigenvalue weighted by Gasteiger charge is -2.21. The van der Waals surface area contributed by atoms with E-state index in [0.29, 0.717) is 5.75 Å². The molecule has 19 heavy (non-hydrogen) atoms. The van der Waals surface area contributed by atoms with Gasteiger partial charge < -0.3 is 14.6 Å². The van der Waals surface area contributed by atoms with Crippen molar-refractivity contribution in [2.24, 2.45) is 5.41 Å². The first-order valence-electron chi connectivity index (χ1n) is 5.60. The van der Waals surface area contributed by atoms with E-state index < -0.39 is 17.4 Å². The highest BCUT2D eigenvalue weighted by atomic mass is 79.9. The molecule has 0 aliphatic heterocycles. The van der Waals surface area contributed by atoms with Gasteiger partial charge in [0.2, 0.25) is 0 Å². The average molecular weight is 331 g/mol. The minimum absolute atomic E-state index is 0.0328. The Morgan fingerprint density at radius 2 is 1.89 bits per heavy atom. The number of hydrogen-bond acceptors (Lipinski definition) is 4. The monoisotopic (exact) mass is 330 g/mol. The molecule has 1 rings (SSSR count). The molecule has 1 aromatic carbocycles. The Bertz CT molecular complexity index is 457. The van der Waals surface area contributed by atoms with Crippen LogP contribution in [0.1, 0.15) is 13.3 Å². The Labute approximate surface area is 119 Å². The first kappa shape index (κ1) is 15.5. The van der Waals surface area contributed by atoms with E-state index in [1.165, 1.54) is 14.0 Å². The molecule has 0 aromatic heterocycles. The predicted molar refractivity (Wildman–Crippen MR) is 72.0 cm³/mol. The second-order valence-corrected chi connectivity index (χ2v) is 5.10. The Balaban J connectivity index is 2.61. The topological polar surface area (TPSA) is 72.8 Å². The van der Waals surface area contributed by atoms with Crippen LogP contribution in [-0.2, 0) is 14.3 Å². The van der Waals surface area contributed by atoms with E-state index >= 15 is 0 Å². The summed E-state index contributed by atoms with van der Waals surface area (Å²) in [6.45, 7) is 1.44. The molecule has 1 atom stereocenters. The number of halogens is 1. The number of aliphatic carboxylic acids is 1. The molecular weight excluding hydrogens is 316 g/mol. The van der Waals surface area contributed by atoms with Gasteiger partial charge in [0.05, 0.1) is 13.7 Å². The van der Waals surface area contributed by atoms with Crippen molar-refractivity contribution in [3.63, 3.8) is 0 Å². The van der Waals surface area contributed by atoms with Crippen molar-refractivity contribution in [3.8, 4) is 5.75 Å². The number of ether oxygens (including phenoxy) is 2. The second kappa shape index (κ2) is 6.56. The fourth-order valence-electron chi connectivity index (χ4n) is 1.43. The van der Waals surface area contributed by atoms with Gasteiger partial charge in [0.25, 0.3) is 0 Å². The quantitative estimate of drug-likeness (QED) is 0.640. The molecule has 0 aliphatic carbocycles. The molecule has 0 amide bonds. The van der Waals surface area contributed by atoms with Crippen LogP contribution in [0.25, 0.3) is 0 Å². The summed E-state index contributed by atoms with van der Waals surface area (Å²) >= 11 is 3.30. The molecule has 5 nitrogen and oxygen atoms in total. The third kappa shape index (κ3) is 3.96. The summed E-state index contributed by atoms with van der Waals surface area (Å²) in [5, 5.41) is 9.11. The molecule has 1 unspecified atom stereocenters. The number of carbonyl (C=O) groups is 2. The molecule has 0 heterocycles. The van der Waals surface area contributed by atoms with E-state index in [9.17, 15) is 9.59 Å². The molecule has 0 saturated heterocycles. The summed E-state index contributed by atoms with van der Waals surface area (Å²) in [7, 11) is 1.17. The number of benzene rings is 1. The maximum absolute atomic E-state index is 11.5. The number of carbonyl (C=O) groups excluding carboxylic acids is 1. The molecule has 0 aliphatic rings. The van der Waals surface area contributed by atoms with Gasteiger partial charge in [-0.25, -0.2) is 0 Å². The van der Waals surface area contributed by atoms with Crippen molar-refractivity contribution in [2.45, 2.75) is 13.3 Å². The van der Waals surface area contributed by atoms with Gasteiger partial charge in [-0.3, -0.25) is 9.59 Å². The largest absolute Gasteiger partial charge is 0.494 e. The van der Waals surface area contributed by atoms with Crippen molar-refractivity contribution in [2.75, 3.05) is 13.7 Å². The molecule has 6 heteroatoms. The van der Waals surface area contributed by atoms with Crippen molar-refractivity contribution >= 4 is 27.9 Å². The number of methoxy groups -OCH3 is 1. The third-order valence-corrected chi connectivity index (χ3v) is 3.32. The summed E-state index contributed by atoms with van der Waals surface area (Å²) in [6.07, 6.45) is 0.0328. The van der Waals surface area contributed by atoms with E-state index in [4.69, 9.17) is 9.84 Å². The zero-order valence-electron chi connectivity index (χ0n) is 10.7. The van der Waals surface area contributed by atoms with Crippen LogP contribution in [0.2, 0.25) is 0 Å². The van der Waals surface area contributed by atoms with E-state index in [1.54, 1.807) is 12.1 Å². The van der Waals surface area contributed by atoms with Crippen LogP contribution >= 0.6 is 15.9 Å². The lowest BCUT2D eigenvalue weighted by atomic mass is 9.87. The summed E-state index contributed by atoms with van der Waals surface area (Å²) in [5.74, 6) is -1.39. The molecule has 104 valence electrons. The predicted octanol–water partition coefficient (Wildman–Crippen LogP) is 2.48. The Hall–Kier alpha value is -1.56. The Morgan fingerprint density at radius 3 is 2.37 bits per heavy atom. The number of carboxylic acids is 1. The summed E-state index contributed by atoms with van der Waals surface area (Å²) in [6, 6.07) is 7.12. The zero-order valence-corrected chi connectivity index (χ0v) is 12.3. The number of esters is 1. The van der Waals surface area contributed by atoms with E-state index in [2.05, 4.69) is 20.7 Å². The van der Waals surface area contributed by atoms with Gasteiger partial charge in [-0.2, -0.15) is 0 Å².